The smallest absolute Gasteiger partial charge is 0.251 e. The van der Waals surface area contributed by atoms with Gasteiger partial charge in [-0.25, -0.2) is 12.8 Å². The molecule has 32 heavy (non-hydrogen) atoms. The fourth-order valence-electron chi connectivity index (χ4n) is 2.96. The molecule has 8 heteroatoms. The van der Waals surface area contributed by atoms with E-state index in [1.165, 1.54) is 24.3 Å². The molecule has 0 heterocycles. The Hall–Kier alpha value is -3.52. The summed E-state index contributed by atoms with van der Waals surface area (Å²) in [5.74, 6) is -0.856. The number of hydrogen-bond acceptors (Lipinski definition) is 4. The Balaban J connectivity index is 1.52. The van der Waals surface area contributed by atoms with Crippen molar-refractivity contribution >= 4 is 27.3 Å². The maximum Gasteiger partial charge on any atom is 0.251 e. The molecule has 0 spiro atoms. The Kier molecular flexibility index (Phi) is 7.37. The number of carbonyl (C=O) groups excluding carboxylic acids is 2. The molecule has 0 aliphatic rings. The first kappa shape index (κ1) is 23.1. The van der Waals surface area contributed by atoms with Gasteiger partial charge in [-0.2, -0.15) is 0 Å². The summed E-state index contributed by atoms with van der Waals surface area (Å²) in [5, 5.41) is 5.51. The van der Waals surface area contributed by atoms with Crippen molar-refractivity contribution in [3.05, 3.63) is 95.3 Å². The van der Waals surface area contributed by atoms with Crippen LogP contribution in [-0.2, 0) is 27.6 Å². The lowest BCUT2D eigenvalue weighted by Gasteiger charge is -2.08. The quantitative estimate of drug-likeness (QED) is 0.543. The Labute approximate surface area is 186 Å². The number of hydrogen-bond donors (Lipinski definition) is 2. The molecule has 0 aliphatic heterocycles. The zero-order valence-electron chi connectivity index (χ0n) is 17.5. The number of benzene rings is 3. The van der Waals surface area contributed by atoms with Crippen LogP contribution in [-0.4, -0.2) is 26.0 Å². The van der Waals surface area contributed by atoms with Crippen LogP contribution in [0.25, 0.3) is 0 Å². The molecule has 0 aromatic heterocycles. The van der Waals surface area contributed by atoms with Crippen LogP contribution in [0.15, 0.2) is 77.7 Å². The van der Waals surface area contributed by atoms with Gasteiger partial charge in [-0.05, 0) is 59.7 Å². The van der Waals surface area contributed by atoms with Gasteiger partial charge in [-0.3, -0.25) is 9.59 Å². The van der Waals surface area contributed by atoms with E-state index >= 15 is 0 Å². The largest absolute Gasteiger partial charge is 0.348 e. The Morgan fingerprint density at radius 2 is 1.44 bits per heavy atom. The zero-order valence-corrected chi connectivity index (χ0v) is 18.3. The molecule has 0 saturated carbocycles. The highest BCUT2D eigenvalue weighted by atomic mass is 32.2. The molecule has 0 atom stereocenters. The van der Waals surface area contributed by atoms with Crippen LogP contribution in [0.1, 0.15) is 28.4 Å². The van der Waals surface area contributed by atoms with Crippen LogP contribution in [0.3, 0.4) is 0 Å². The van der Waals surface area contributed by atoms with E-state index in [0.29, 0.717) is 16.8 Å². The lowest BCUT2D eigenvalue weighted by atomic mass is 10.1. The Morgan fingerprint density at radius 1 is 0.844 bits per heavy atom. The number of carbonyl (C=O) groups is 2. The highest BCUT2D eigenvalue weighted by Gasteiger charge is 2.12. The molecule has 0 radical (unpaired) electrons. The molecule has 166 valence electrons. The van der Waals surface area contributed by atoms with Crippen molar-refractivity contribution in [2.24, 2.45) is 0 Å². The van der Waals surface area contributed by atoms with E-state index in [1.807, 2.05) is 0 Å². The second-order valence-electron chi connectivity index (χ2n) is 7.16. The van der Waals surface area contributed by atoms with Crippen molar-refractivity contribution < 1.29 is 22.4 Å². The van der Waals surface area contributed by atoms with Crippen LogP contribution in [0, 0.1) is 5.82 Å². The molecule has 2 amide bonds. The van der Waals surface area contributed by atoms with Gasteiger partial charge >= 0.3 is 0 Å². The van der Waals surface area contributed by atoms with Crippen molar-refractivity contribution in [2.45, 2.75) is 24.8 Å². The standard InChI is InChI=1S/C24H23FN2O4S/c1-2-32(30,31)22-13-5-17(6-14-22)15-23(28)27-21-11-7-19(8-12-21)24(29)26-16-18-3-9-20(25)10-4-18/h3-14H,2,15-16H2,1H3,(H,26,29)(H,27,28). The van der Waals surface area contributed by atoms with Crippen molar-refractivity contribution in [3.63, 3.8) is 0 Å². The Morgan fingerprint density at radius 3 is 2.03 bits per heavy atom. The highest BCUT2D eigenvalue weighted by Crippen LogP contribution is 2.14. The maximum atomic E-state index is 12.9. The molecule has 0 bridgehead atoms. The molecule has 0 saturated heterocycles. The average molecular weight is 455 g/mol. The number of halogens is 1. The number of rotatable bonds is 8. The van der Waals surface area contributed by atoms with E-state index < -0.39 is 9.84 Å². The van der Waals surface area contributed by atoms with Gasteiger partial charge in [0.05, 0.1) is 17.1 Å². The third-order valence-electron chi connectivity index (χ3n) is 4.82. The van der Waals surface area contributed by atoms with Crippen LogP contribution in [0.5, 0.6) is 0 Å². The van der Waals surface area contributed by atoms with E-state index in [-0.39, 0.29) is 41.2 Å². The van der Waals surface area contributed by atoms with Crippen LogP contribution < -0.4 is 10.6 Å². The van der Waals surface area contributed by atoms with Gasteiger partial charge in [-0.15, -0.1) is 0 Å². The third-order valence-corrected chi connectivity index (χ3v) is 6.57. The van der Waals surface area contributed by atoms with E-state index in [2.05, 4.69) is 10.6 Å². The molecular formula is C24H23FN2O4S. The molecular weight excluding hydrogens is 431 g/mol. The molecule has 3 aromatic carbocycles. The second kappa shape index (κ2) is 10.2. The summed E-state index contributed by atoms with van der Waals surface area (Å²) in [6, 6.07) is 18.6. The van der Waals surface area contributed by atoms with Crippen LogP contribution in [0.2, 0.25) is 0 Å². The summed E-state index contributed by atoms with van der Waals surface area (Å²) in [6.07, 6.45) is 0.0896. The topological polar surface area (TPSA) is 92.3 Å². The Bertz CT molecular complexity index is 1190. The van der Waals surface area contributed by atoms with E-state index in [1.54, 1.807) is 55.5 Å². The zero-order chi connectivity index (χ0) is 23.1. The molecule has 6 nitrogen and oxygen atoms in total. The summed E-state index contributed by atoms with van der Waals surface area (Å²) in [6.45, 7) is 1.85. The van der Waals surface area contributed by atoms with Crippen molar-refractivity contribution in [3.8, 4) is 0 Å². The first-order chi connectivity index (χ1) is 15.3. The van der Waals surface area contributed by atoms with Gasteiger partial charge in [0, 0.05) is 17.8 Å². The van der Waals surface area contributed by atoms with E-state index in [0.717, 1.165) is 5.56 Å². The number of sulfone groups is 1. The van der Waals surface area contributed by atoms with Crippen LogP contribution >= 0.6 is 0 Å². The molecule has 0 fully saturated rings. The molecule has 3 aromatic rings. The predicted molar refractivity (Wildman–Crippen MR) is 121 cm³/mol. The average Bonchev–Trinajstić information content (AvgIpc) is 2.79. The minimum absolute atomic E-state index is 0.0209. The van der Waals surface area contributed by atoms with Crippen LogP contribution in [0.4, 0.5) is 10.1 Å². The monoisotopic (exact) mass is 454 g/mol. The molecule has 2 N–H and O–H groups in total. The minimum Gasteiger partial charge on any atom is -0.348 e. The van der Waals surface area contributed by atoms with E-state index in [9.17, 15) is 22.4 Å². The second-order valence-corrected chi connectivity index (χ2v) is 9.44. The lowest BCUT2D eigenvalue weighted by molar-refractivity contribution is -0.115. The van der Waals surface area contributed by atoms with Gasteiger partial charge in [0.15, 0.2) is 9.84 Å². The van der Waals surface area contributed by atoms with Crippen molar-refractivity contribution in [2.75, 3.05) is 11.1 Å². The van der Waals surface area contributed by atoms with Gasteiger partial charge in [-0.1, -0.05) is 31.2 Å². The maximum absolute atomic E-state index is 12.9. The molecule has 0 unspecified atom stereocenters. The van der Waals surface area contributed by atoms with E-state index in [4.69, 9.17) is 0 Å². The summed E-state index contributed by atoms with van der Waals surface area (Å²) in [4.78, 5) is 24.8. The first-order valence-electron chi connectivity index (χ1n) is 10.0. The fourth-order valence-corrected chi connectivity index (χ4v) is 3.85. The van der Waals surface area contributed by atoms with Gasteiger partial charge < -0.3 is 10.6 Å². The summed E-state index contributed by atoms with van der Waals surface area (Å²) >= 11 is 0. The number of amides is 2. The summed E-state index contributed by atoms with van der Waals surface area (Å²) in [5.41, 5.74) is 2.44. The normalized spacial score (nSPS) is 11.1. The highest BCUT2D eigenvalue weighted by molar-refractivity contribution is 7.91. The number of anilines is 1. The molecule has 3 rings (SSSR count). The number of nitrogens with one attached hydrogen (secondary N) is 2. The summed E-state index contributed by atoms with van der Waals surface area (Å²) in [7, 11) is -3.27. The summed E-state index contributed by atoms with van der Waals surface area (Å²) < 4.78 is 36.6. The predicted octanol–water partition coefficient (Wildman–Crippen LogP) is 3.73. The van der Waals surface area contributed by atoms with Crippen molar-refractivity contribution in [1.29, 1.82) is 0 Å². The third kappa shape index (κ3) is 6.24. The first-order valence-corrected chi connectivity index (χ1v) is 11.7. The van der Waals surface area contributed by atoms with Gasteiger partial charge in [0.1, 0.15) is 5.82 Å². The lowest BCUT2D eigenvalue weighted by Crippen LogP contribution is -2.22. The fraction of sp³-hybridized carbons (Fsp3) is 0.167. The SMILES string of the molecule is CCS(=O)(=O)c1ccc(CC(=O)Nc2ccc(C(=O)NCc3ccc(F)cc3)cc2)cc1. The minimum atomic E-state index is -3.27. The molecule has 0 aliphatic carbocycles. The van der Waals surface area contributed by atoms with Crippen molar-refractivity contribution in [1.82, 2.24) is 5.32 Å². The van der Waals surface area contributed by atoms with Gasteiger partial charge in [0.25, 0.3) is 5.91 Å². The van der Waals surface area contributed by atoms with Gasteiger partial charge in [0.2, 0.25) is 5.91 Å².